The third kappa shape index (κ3) is 2.90. The summed E-state index contributed by atoms with van der Waals surface area (Å²) in [5.41, 5.74) is 2.71. The van der Waals surface area contributed by atoms with Crippen LogP contribution in [0.25, 0.3) is 16.2 Å². The summed E-state index contributed by atoms with van der Waals surface area (Å²) in [7, 11) is 1.99. The highest BCUT2D eigenvalue weighted by Gasteiger charge is 2.13. The lowest BCUT2D eigenvalue weighted by molar-refractivity contribution is 0.628. The van der Waals surface area contributed by atoms with E-state index in [1.165, 1.54) is 23.5 Å². The van der Waals surface area contributed by atoms with Crippen LogP contribution in [-0.2, 0) is 6.54 Å². The van der Waals surface area contributed by atoms with E-state index in [4.69, 9.17) is 0 Å². The fourth-order valence-corrected chi connectivity index (χ4v) is 3.84. The molecule has 5 nitrogen and oxygen atoms in total. The van der Waals surface area contributed by atoms with Gasteiger partial charge in [-0.25, -0.2) is 18.9 Å². The summed E-state index contributed by atoms with van der Waals surface area (Å²) in [4.78, 5) is 11.9. The number of fused-ring (bicyclic) bond motifs is 1. The molecule has 4 aromatic rings. The van der Waals surface area contributed by atoms with Crippen LogP contribution in [0.5, 0.6) is 0 Å². The summed E-state index contributed by atoms with van der Waals surface area (Å²) in [6, 6.07) is 6.31. The molecule has 0 unspecified atom stereocenters. The minimum Gasteiger partial charge on any atom is -0.344 e. The Balaban J connectivity index is 1.58. The van der Waals surface area contributed by atoms with Gasteiger partial charge in [-0.3, -0.25) is 0 Å². The number of nitrogens with zero attached hydrogens (tertiary/aromatic N) is 5. The van der Waals surface area contributed by atoms with Crippen molar-refractivity contribution in [1.29, 1.82) is 0 Å². The molecule has 1 aromatic carbocycles. The lowest BCUT2D eigenvalue weighted by atomic mass is 10.2. The van der Waals surface area contributed by atoms with E-state index in [0.717, 1.165) is 32.1 Å². The number of aryl methyl sites for hydroxylation is 1. The van der Waals surface area contributed by atoms with E-state index in [-0.39, 0.29) is 5.82 Å². The van der Waals surface area contributed by atoms with E-state index >= 15 is 0 Å². The van der Waals surface area contributed by atoms with Gasteiger partial charge in [0.2, 0.25) is 10.1 Å². The van der Waals surface area contributed by atoms with Crippen molar-refractivity contribution in [1.82, 2.24) is 19.6 Å². The number of hydrogen-bond acceptors (Lipinski definition) is 6. The molecule has 0 aliphatic carbocycles. The molecule has 0 fully saturated rings. The molecule has 24 heavy (non-hydrogen) atoms. The quantitative estimate of drug-likeness (QED) is 0.553. The van der Waals surface area contributed by atoms with Crippen molar-refractivity contribution < 1.29 is 4.39 Å². The molecule has 8 heteroatoms. The van der Waals surface area contributed by atoms with E-state index in [0.29, 0.717) is 6.54 Å². The Hall–Kier alpha value is -2.32. The van der Waals surface area contributed by atoms with Crippen LogP contribution in [0.2, 0.25) is 0 Å². The molecule has 0 amide bonds. The van der Waals surface area contributed by atoms with Crippen LogP contribution in [-0.4, -0.2) is 26.6 Å². The maximum atomic E-state index is 13.0. The molecule has 0 atom stereocenters. The smallest absolute Gasteiger partial charge is 0.214 e. The second-order valence-electron chi connectivity index (χ2n) is 5.46. The summed E-state index contributed by atoms with van der Waals surface area (Å²) < 4.78 is 14.8. The number of rotatable bonds is 4. The standard InChI is InChI=1S/C16H14FN5S2/c1-10-18-13(9-23-10)7-21(2)16-20-22-8-14(19-15(22)24-16)11-3-5-12(17)6-4-11/h3-6,8-9H,7H2,1-2H3. The average Bonchev–Trinajstić information content (AvgIpc) is 3.22. The van der Waals surface area contributed by atoms with Crippen molar-refractivity contribution >= 4 is 32.8 Å². The third-order valence-electron chi connectivity index (χ3n) is 3.56. The van der Waals surface area contributed by atoms with Crippen LogP contribution in [0.3, 0.4) is 0 Å². The zero-order chi connectivity index (χ0) is 16.7. The molecular weight excluding hydrogens is 345 g/mol. The van der Waals surface area contributed by atoms with E-state index in [1.807, 2.05) is 20.2 Å². The minimum atomic E-state index is -0.251. The summed E-state index contributed by atoms with van der Waals surface area (Å²) >= 11 is 3.17. The van der Waals surface area contributed by atoms with Gasteiger partial charge in [0, 0.05) is 18.0 Å². The molecule has 0 radical (unpaired) electrons. The van der Waals surface area contributed by atoms with Gasteiger partial charge in [-0.05, 0) is 31.2 Å². The first-order valence-electron chi connectivity index (χ1n) is 7.33. The third-order valence-corrected chi connectivity index (χ3v) is 5.42. The number of anilines is 1. The van der Waals surface area contributed by atoms with Crippen molar-refractivity contribution in [3.8, 4) is 11.3 Å². The van der Waals surface area contributed by atoms with Gasteiger partial charge >= 0.3 is 0 Å². The Kier molecular flexibility index (Phi) is 3.78. The van der Waals surface area contributed by atoms with E-state index < -0.39 is 0 Å². The molecule has 0 spiro atoms. The lowest BCUT2D eigenvalue weighted by Gasteiger charge is -2.12. The second-order valence-corrected chi connectivity index (χ2v) is 7.46. The maximum absolute atomic E-state index is 13.0. The summed E-state index contributed by atoms with van der Waals surface area (Å²) in [5, 5.41) is 8.60. The summed E-state index contributed by atoms with van der Waals surface area (Å²) in [5.74, 6) is -0.251. The van der Waals surface area contributed by atoms with Crippen LogP contribution in [0.1, 0.15) is 10.7 Å². The molecule has 0 N–H and O–H groups in total. The van der Waals surface area contributed by atoms with Crippen molar-refractivity contribution in [2.75, 3.05) is 11.9 Å². The zero-order valence-electron chi connectivity index (χ0n) is 13.1. The maximum Gasteiger partial charge on any atom is 0.214 e. The number of thiazole rings is 1. The molecule has 4 rings (SSSR count). The predicted molar refractivity (Wildman–Crippen MR) is 95.2 cm³/mol. The van der Waals surface area contributed by atoms with Gasteiger partial charge in [0.1, 0.15) is 5.82 Å². The number of imidazole rings is 1. The largest absolute Gasteiger partial charge is 0.344 e. The molecule has 0 saturated heterocycles. The van der Waals surface area contributed by atoms with E-state index in [9.17, 15) is 4.39 Å². The zero-order valence-corrected chi connectivity index (χ0v) is 14.7. The van der Waals surface area contributed by atoms with Crippen LogP contribution >= 0.6 is 22.7 Å². The normalized spacial score (nSPS) is 11.3. The minimum absolute atomic E-state index is 0.251. The number of halogens is 1. The van der Waals surface area contributed by atoms with Gasteiger partial charge in [-0.2, -0.15) is 0 Å². The first kappa shape index (κ1) is 15.2. The van der Waals surface area contributed by atoms with E-state index in [2.05, 4.69) is 25.3 Å². The second kappa shape index (κ2) is 5.95. The Morgan fingerprint density at radius 2 is 2.00 bits per heavy atom. The van der Waals surface area contributed by atoms with Crippen LogP contribution in [0, 0.1) is 12.7 Å². The fraction of sp³-hybridized carbons (Fsp3) is 0.188. The number of aromatic nitrogens is 4. The Morgan fingerprint density at radius 3 is 2.67 bits per heavy atom. The number of hydrogen-bond donors (Lipinski definition) is 0. The van der Waals surface area contributed by atoms with Crippen molar-refractivity contribution in [2.24, 2.45) is 0 Å². The highest BCUT2D eigenvalue weighted by molar-refractivity contribution is 7.20. The summed E-state index contributed by atoms with van der Waals surface area (Å²) in [6.07, 6.45) is 1.86. The Labute approximate surface area is 146 Å². The van der Waals surface area contributed by atoms with Crippen molar-refractivity contribution in [2.45, 2.75) is 13.5 Å². The first-order chi connectivity index (χ1) is 11.6. The highest BCUT2D eigenvalue weighted by Crippen LogP contribution is 2.27. The lowest BCUT2D eigenvalue weighted by Crippen LogP contribution is -2.16. The van der Waals surface area contributed by atoms with E-state index in [1.54, 1.807) is 28.0 Å². The molecule has 122 valence electrons. The topological polar surface area (TPSA) is 46.3 Å². The first-order valence-corrected chi connectivity index (χ1v) is 9.02. The number of benzene rings is 1. The van der Waals surface area contributed by atoms with Crippen LogP contribution < -0.4 is 4.90 Å². The molecule has 0 aliphatic heterocycles. The molecular formula is C16H14FN5S2. The Morgan fingerprint density at radius 1 is 1.21 bits per heavy atom. The Bertz CT molecular complexity index is 954. The highest BCUT2D eigenvalue weighted by atomic mass is 32.1. The van der Waals surface area contributed by atoms with Crippen molar-refractivity contribution in [3.63, 3.8) is 0 Å². The van der Waals surface area contributed by atoms with Gasteiger partial charge in [0.25, 0.3) is 0 Å². The van der Waals surface area contributed by atoms with Gasteiger partial charge in [0.15, 0.2) is 0 Å². The van der Waals surface area contributed by atoms with Crippen LogP contribution in [0.4, 0.5) is 9.52 Å². The molecule has 3 heterocycles. The van der Waals surface area contributed by atoms with Crippen LogP contribution in [0.15, 0.2) is 35.8 Å². The summed E-state index contributed by atoms with van der Waals surface area (Å²) in [6.45, 7) is 2.72. The molecule has 0 aliphatic rings. The monoisotopic (exact) mass is 359 g/mol. The van der Waals surface area contributed by atoms with Crippen molar-refractivity contribution in [3.05, 3.63) is 52.4 Å². The van der Waals surface area contributed by atoms with Gasteiger partial charge in [-0.15, -0.1) is 16.4 Å². The average molecular weight is 359 g/mol. The SMILES string of the molecule is Cc1nc(CN(C)c2nn3cc(-c4ccc(F)cc4)nc3s2)cs1. The predicted octanol–water partition coefficient (Wildman–Crippen LogP) is 4.00. The van der Waals surface area contributed by atoms with Gasteiger partial charge in [0.05, 0.1) is 29.1 Å². The van der Waals surface area contributed by atoms with Gasteiger partial charge < -0.3 is 4.90 Å². The fourth-order valence-electron chi connectivity index (χ4n) is 2.40. The molecule has 0 saturated carbocycles. The molecule has 3 aromatic heterocycles. The van der Waals surface area contributed by atoms with Gasteiger partial charge in [-0.1, -0.05) is 11.3 Å². The molecule has 0 bridgehead atoms.